The fourth-order valence-corrected chi connectivity index (χ4v) is 2.93. The highest BCUT2D eigenvalue weighted by Crippen LogP contribution is 2.27. The van der Waals surface area contributed by atoms with E-state index in [1.54, 1.807) is 24.3 Å². The number of rotatable bonds is 3. The number of phenolic OH excluding ortho intramolecular Hbond substituents is 1. The molecule has 0 atom stereocenters. The first-order valence-corrected chi connectivity index (χ1v) is 8.23. The maximum Gasteiger partial charge on any atom is 0.348 e. The van der Waals surface area contributed by atoms with Crippen LogP contribution in [0.15, 0.2) is 53.3 Å². The molecule has 4 rings (SSSR count). The van der Waals surface area contributed by atoms with Crippen molar-refractivity contribution in [1.29, 1.82) is 0 Å². The second-order valence-corrected chi connectivity index (χ2v) is 6.30. The number of fused-ring (bicyclic) bond motifs is 1. The molecule has 0 spiro atoms. The maximum atomic E-state index is 12.5. The Balaban J connectivity index is 1.66. The lowest BCUT2D eigenvalue weighted by Gasteiger charge is -2.05. The summed E-state index contributed by atoms with van der Waals surface area (Å²) in [5.41, 5.74) is 3.11. The zero-order chi connectivity index (χ0) is 19.1. The average molecular weight is 385 g/mol. The first-order valence-electron chi connectivity index (χ1n) is 7.85. The smallest absolute Gasteiger partial charge is 0.348 e. The molecule has 2 aromatic carbocycles. The Morgan fingerprint density at radius 3 is 2.52 bits per heavy atom. The van der Waals surface area contributed by atoms with Crippen LogP contribution in [-0.2, 0) is 0 Å². The van der Waals surface area contributed by atoms with Crippen molar-refractivity contribution in [2.24, 2.45) is 0 Å². The quantitative estimate of drug-likeness (QED) is 0.372. The fourth-order valence-electron chi connectivity index (χ4n) is 2.75. The van der Waals surface area contributed by atoms with Gasteiger partial charge in [-0.15, -0.1) is 0 Å². The van der Waals surface area contributed by atoms with Gasteiger partial charge in [-0.3, -0.25) is 10.2 Å². The molecule has 9 heteroatoms. The predicted octanol–water partition coefficient (Wildman–Crippen LogP) is 2.77. The van der Waals surface area contributed by atoms with E-state index >= 15 is 0 Å². The molecule has 0 aliphatic rings. The number of nitrogens with zero attached hydrogens (tertiary/aromatic N) is 1. The second-order valence-electron chi connectivity index (χ2n) is 5.87. The van der Waals surface area contributed by atoms with Crippen molar-refractivity contribution in [2.75, 3.05) is 5.43 Å². The van der Waals surface area contributed by atoms with Crippen LogP contribution in [0.25, 0.3) is 22.2 Å². The molecule has 0 bridgehead atoms. The van der Waals surface area contributed by atoms with Gasteiger partial charge in [-0.1, -0.05) is 11.6 Å². The van der Waals surface area contributed by atoms with Gasteiger partial charge >= 0.3 is 5.69 Å². The highest BCUT2D eigenvalue weighted by Gasteiger charge is 2.18. The number of aromatic amines is 2. The van der Waals surface area contributed by atoms with Gasteiger partial charge < -0.3 is 20.2 Å². The fraction of sp³-hybridized carbons (Fsp3) is 0. The molecule has 2 heterocycles. The number of amides is 1. The second kappa shape index (κ2) is 6.26. The van der Waals surface area contributed by atoms with Gasteiger partial charge in [-0.05, 0) is 48.5 Å². The van der Waals surface area contributed by atoms with E-state index in [1.165, 1.54) is 24.3 Å². The van der Waals surface area contributed by atoms with Gasteiger partial charge in [0.25, 0.3) is 5.91 Å². The minimum atomic E-state index is -0.719. The number of phenols is 1. The van der Waals surface area contributed by atoms with Gasteiger partial charge in [0.2, 0.25) is 5.88 Å². The first-order chi connectivity index (χ1) is 12.9. The first kappa shape index (κ1) is 16.8. The average Bonchev–Trinajstić information content (AvgIpc) is 3.18. The summed E-state index contributed by atoms with van der Waals surface area (Å²) in [6.07, 6.45) is 0. The van der Waals surface area contributed by atoms with E-state index in [9.17, 15) is 19.8 Å². The van der Waals surface area contributed by atoms with E-state index in [4.69, 9.17) is 11.6 Å². The molecule has 5 N–H and O–H groups in total. The predicted molar refractivity (Wildman–Crippen MR) is 101 cm³/mol. The lowest BCUT2D eigenvalue weighted by Crippen LogP contribution is -2.31. The molecule has 136 valence electrons. The third-order valence-corrected chi connectivity index (χ3v) is 4.30. The summed E-state index contributed by atoms with van der Waals surface area (Å²) in [6.45, 7) is 0. The molecule has 0 aliphatic heterocycles. The number of imidazole rings is 1. The van der Waals surface area contributed by atoms with Gasteiger partial charge in [-0.25, -0.2) is 4.79 Å². The number of nitrogens with one attached hydrogen (secondary N) is 3. The molecule has 0 saturated carbocycles. The van der Waals surface area contributed by atoms with Crippen molar-refractivity contribution in [3.63, 3.8) is 0 Å². The van der Waals surface area contributed by atoms with Crippen LogP contribution in [0.1, 0.15) is 10.5 Å². The Morgan fingerprint density at radius 1 is 1.04 bits per heavy atom. The normalized spacial score (nSPS) is 11.0. The largest absolute Gasteiger partial charge is 0.508 e. The number of aromatic nitrogens is 3. The Bertz CT molecular complexity index is 1220. The summed E-state index contributed by atoms with van der Waals surface area (Å²) in [6, 6.07) is 12.6. The Hall–Kier alpha value is -3.65. The van der Waals surface area contributed by atoms with E-state index in [0.717, 1.165) is 5.39 Å². The third kappa shape index (κ3) is 3.02. The van der Waals surface area contributed by atoms with E-state index in [0.29, 0.717) is 20.8 Å². The summed E-state index contributed by atoms with van der Waals surface area (Å²) >= 11 is 5.94. The molecule has 0 saturated heterocycles. The monoisotopic (exact) mass is 384 g/mol. The molecule has 4 aromatic rings. The number of hydrogen-bond donors (Lipinski definition) is 5. The number of benzene rings is 2. The van der Waals surface area contributed by atoms with Gasteiger partial charge in [0.1, 0.15) is 17.1 Å². The molecule has 0 aliphatic carbocycles. The maximum absolute atomic E-state index is 12.5. The minimum absolute atomic E-state index is 0.0484. The van der Waals surface area contributed by atoms with Crippen LogP contribution in [0.4, 0.5) is 0 Å². The molecular weight excluding hydrogens is 372 g/mol. The van der Waals surface area contributed by atoms with Gasteiger partial charge in [0.15, 0.2) is 0 Å². The van der Waals surface area contributed by atoms with Crippen LogP contribution in [0, 0.1) is 0 Å². The molecular formula is C18H13ClN4O4. The topological polar surface area (TPSA) is 123 Å². The standard InChI is InChI=1S/C18H13ClN4O4/c19-11-3-6-13-10(7-11)8-14(20-13)16(25)22-23-17(26)15(21-18(23)27)9-1-4-12(24)5-2-9/h1-8,20,24,26H,(H,21,27)(H,22,25). The summed E-state index contributed by atoms with van der Waals surface area (Å²) in [5.74, 6) is -1.03. The van der Waals surface area contributed by atoms with Crippen LogP contribution < -0.4 is 11.1 Å². The lowest BCUT2D eigenvalue weighted by molar-refractivity contribution is 0.100. The van der Waals surface area contributed by atoms with Crippen molar-refractivity contribution in [2.45, 2.75) is 0 Å². The minimum Gasteiger partial charge on any atom is -0.508 e. The number of carbonyl (C=O) groups is 1. The number of H-pyrrole nitrogens is 2. The zero-order valence-electron chi connectivity index (χ0n) is 13.7. The zero-order valence-corrected chi connectivity index (χ0v) is 14.4. The van der Waals surface area contributed by atoms with Crippen LogP contribution >= 0.6 is 11.6 Å². The summed E-state index contributed by atoms with van der Waals surface area (Å²) in [5, 5.41) is 21.0. The van der Waals surface area contributed by atoms with Crippen molar-refractivity contribution >= 4 is 28.4 Å². The molecule has 0 fully saturated rings. The van der Waals surface area contributed by atoms with Gasteiger partial charge in [0.05, 0.1) is 0 Å². The van der Waals surface area contributed by atoms with Crippen LogP contribution in [0.3, 0.4) is 0 Å². The Kier molecular flexibility index (Phi) is 3.89. The van der Waals surface area contributed by atoms with Crippen molar-refractivity contribution in [3.05, 3.63) is 69.7 Å². The van der Waals surface area contributed by atoms with Crippen molar-refractivity contribution in [3.8, 4) is 22.9 Å². The molecule has 27 heavy (non-hydrogen) atoms. The van der Waals surface area contributed by atoms with E-state index < -0.39 is 17.5 Å². The van der Waals surface area contributed by atoms with Gasteiger partial charge in [0, 0.05) is 21.5 Å². The Labute approximate surface area is 156 Å². The highest BCUT2D eigenvalue weighted by atomic mass is 35.5. The van der Waals surface area contributed by atoms with Crippen LogP contribution in [0.2, 0.25) is 5.02 Å². The number of hydrogen-bond acceptors (Lipinski definition) is 4. The summed E-state index contributed by atoms with van der Waals surface area (Å²) in [4.78, 5) is 30.0. The molecule has 8 nitrogen and oxygen atoms in total. The lowest BCUT2D eigenvalue weighted by atomic mass is 10.1. The third-order valence-electron chi connectivity index (χ3n) is 4.07. The number of carbonyl (C=O) groups excluding carboxylic acids is 1. The Morgan fingerprint density at radius 2 is 1.78 bits per heavy atom. The van der Waals surface area contributed by atoms with Crippen molar-refractivity contribution in [1.82, 2.24) is 14.6 Å². The summed E-state index contributed by atoms with van der Waals surface area (Å²) < 4.78 is 0.711. The highest BCUT2D eigenvalue weighted by molar-refractivity contribution is 6.31. The SMILES string of the molecule is O=C(Nn1c(O)c(-c2ccc(O)cc2)[nH]c1=O)c1cc2cc(Cl)ccc2[nH]1. The van der Waals surface area contributed by atoms with Crippen molar-refractivity contribution < 1.29 is 15.0 Å². The molecule has 1 amide bonds. The molecule has 2 aromatic heterocycles. The van der Waals surface area contributed by atoms with E-state index in [1.807, 2.05) is 0 Å². The van der Waals surface area contributed by atoms with Crippen LogP contribution in [0.5, 0.6) is 11.6 Å². The summed E-state index contributed by atoms with van der Waals surface area (Å²) in [7, 11) is 0. The van der Waals surface area contributed by atoms with Gasteiger partial charge in [-0.2, -0.15) is 4.68 Å². The number of halogens is 1. The van der Waals surface area contributed by atoms with E-state index in [2.05, 4.69) is 15.4 Å². The van der Waals surface area contributed by atoms with Crippen LogP contribution in [-0.4, -0.2) is 30.8 Å². The molecule has 0 unspecified atom stereocenters. The molecule has 0 radical (unpaired) electrons. The van der Waals surface area contributed by atoms with E-state index in [-0.39, 0.29) is 17.1 Å². The number of aromatic hydroxyl groups is 2.